The molecule has 0 aliphatic rings. The Balaban J connectivity index is 2.60. The lowest BCUT2D eigenvalue weighted by Crippen LogP contribution is -2.34. The number of amides is 1. The molecule has 9 nitrogen and oxygen atoms in total. The number of rotatable bonds is 8. The largest absolute Gasteiger partial charge is 0.495 e. The molecule has 0 radical (unpaired) electrons. The molecule has 3 N–H and O–H groups in total. The molecule has 1 aromatic rings. The molecule has 0 spiro atoms. The van der Waals surface area contributed by atoms with Crippen LogP contribution in [-0.4, -0.2) is 51.4 Å². The molecule has 0 saturated heterocycles. The minimum absolute atomic E-state index is 0.0655. The van der Waals surface area contributed by atoms with Crippen molar-refractivity contribution in [3.63, 3.8) is 0 Å². The number of nitrogens with one attached hydrogen (secondary N) is 2. The lowest BCUT2D eigenvalue weighted by Gasteiger charge is -2.19. The van der Waals surface area contributed by atoms with Crippen LogP contribution in [0.5, 0.6) is 5.75 Å². The standard InChI is InChI=1S/C16H24N2O7S/c1-16(2,3)25-15(21)17-8-5-9-18-26(22,23)13-7-6-11(14(19)20)10-12(13)24-4/h6-7,10,18H,5,8-9H2,1-4H3,(H,17,21)(H,19,20). The van der Waals surface area contributed by atoms with Crippen LogP contribution in [0.2, 0.25) is 0 Å². The van der Waals surface area contributed by atoms with Crippen LogP contribution < -0.4 is 14.8 Å². The number of carboxylic acid groups (broad SMARTS) is 1. The van der Waals surface area contributed by atoms with Gasteiger partial charge in [0.2, 0.25) is 10.0 Å². The van der Waals surface area contributed by atoms with Gasteiger partial charge in [-0.05, 0) is 45.4 Å². The number of ether oxygens (including phenoxy) is 2. The molecule has 0 atom stereocenters. The van der Waals surface area contributed by atoms with Crippen molar-refractivity contribution in [2.24, 2.45) is 0 Å². The van der Waals surface area contributed by atoms with Gasteiger partial charge in [-0.3, -0.25) is 0 Å². The second kappa shape index (κ2) is 8.86. The van der Waals surface area contributed by atoms with E-state index in [0.29, 0.717) is 6.42 Å². The third-order valence-electron chi connectivity index (χ3n) is 3.01. The van der Waals surface area contributed by atoms with Crippen molar-refractivity contribution in [2.75, 3.05) is 20.2 Å². The van der Waals surface area contributed by atoms with Gasteiger partial charge >= 0.3 is 12.1 Å². The number of benzene rings is 1. The molecule has 1 rings (SSSR count). The van der Waals surface area contributed by atoms with E-state index in [-0.39, 0.29) is 29.3 Å². The number of carboxylic acids is 1. The van der Waals surface area contributed by atoms with Crippen LogP contribution in [0, 0.1) is 0 Å². The summed E-state index contributed by atoms with van der Waals surface area (Å²) < 4.78 is 37.1. The summed E-state index contributed by atoms with van der Waals surface area (Å²) in [5.74, 6) is -1.25. The molecular formula is C16H24N2O7S. The Labute approximate surface area is 152 Å². The third kappa shape index (κ3) is 6.89. The summed E-state index contributed by atoms with van der Waals surface area (Å²) in [6.07, 6.45) is -0.236. The van der Waals surface area contributed by atoms with Crippen LogP contribution in [0.3, 0.4) is 0 Å². The van der Waals surface area contributed by atoms with Crippen LogP contribution in [0.1, 0.15) is 37.6 Å². The summed E-state index contributed by atoms with van der Waals surface area (Å²) >= 11 is 0. The Morgan fingerprint density at radius 1 is 1.19 bits per heavy atom. The molecule has 0 unspecified atom stereocenters. The van der Waals surface area contributed by atoms with Gasteiger partial charge in [0.25, 0.3) is 0 Å². The van der Waals surface area contributed by atoms with Crippen LogP contribution in [0.4, 0.5) is 4.79 Å². The van der Waals surface area contributed by atoms with E-state index in [0.717, 1.165) is 6.07 Å². The van der Waals surface area contributed by atoms with Crippen molar-refractivity contribution in [3.05, 3.63) is 23.8 Å². The maximum absolute atomic E-state index is 12.3. The fraction of sp³-hybridized carbons (Fsp3) is 0.500. The number of aromatic carboxylic acids is 1. The van der Waals surface area contributed by atoms with Gasteiger partial charge in [0.05, 0.1) is 12.7 Å². The van der Waals surface area contributed by atoms with E-state index in [9.17, 15) is 18.0 Å². The molecule has 0 saturated carbocycles. The Morgan fingerprint density at radius 2 is 1.85 bits per heavy atom. The zero-order valence-corrected chi connectivity index (χ0v) is 16.0. The number of carbonyl (C=O) groups is 2. The van der Waals surface area contributed by atoms with Crippen LogP contribution >= 0.6 is 0 Å². The first-order valence-electron chi connectivity index (χ1n) is 7.84. The fourth-order valence-electron chi connectivity index (χ4n) is 1.90. The summed E-state index contributed by atoms with van der Waals surface area (Å²) in [6.45, 7) is 5.52. The fourth-order valence-corrected chi connectivity index (χ4v) is 3.12. The Hall–Kier alpha value is -2.33. The Bertz CT molecular complexity index is 754. The number of methoxy groups -OCH3 is 1. The average Bonchev–Trinajstić information content (AvgIpc) is 2.52. The zero-order valence-electron chi connectivity index (χ0n) is 15.2. The summed E-state index contributed by atoms with van der Waals surface area (Å²) in [5.41, 5.74) is -0.688. The van der Waals surface area contributed by atoms with Crippen molar-refractivity contribution < 1.29 is 32.6 Å². The maximum Gasteiger partial charge on any atom is 0.407 e. The van der Waals surface area contributed by atoms with E-state index in [1.54, 1.807) is 20.8 Å². The highest BCUT2D eigenvalue weighted by molar-refractivity contribution is 7.89. The van der Waals surface area contributed by atoms with Crippen molar-refractivity contribution >= 4 is 22.1 Å². The van der Waals surface area contributed by atoms with Crippen molar-refractivity contribution in [1.82, 2.24) is 10.0 Å². The topological polar surface area (TPSA) is 131 Å². The van der Waals surface area contributed by atoms with E-state index in [4.69, 9.17) is 14.6 Å². The molecule has 1 amide bonds. The predicted molar refractivity (Wildman–Crippen MR) is 94.0 cm³/mol. The normalized spacial score (nSPS) is 11.7. The molecule has 1 aromatic carbocycles. The maximum atomic E-state index is 12.3. The molecule has 0 bridgehead atoms. The summed E-state index contributed by atoms with van der Waals surface area (Å²) in [5, 5.41) is 11.5. The molecular weight excluding hydrogens is 364 g/mol. The highest BCUT2D eigenvalue weighted by atomic mass is 32.2. The first kappa shape index (κ1) is 21.7. The average molecular weight is 388 g/mol. The second-order valence-electron chi connectivity index (χ2n) is 6.35. The van der Waals surface area contributed by atoms with E-state index in [1.807, 2.05) is 0 Å². The van der Waals surface area contributed by atoms with Gasteiger partial charge in [0.15, 0.2) is 0 Å². The Morgan fingerprint density at radius 3 is 2.38 bits per heavy atom. The van der Waals surface area contributed by atoms with Crippen LogP contribution in [0.25, 0.3) is 0 Å². The minimum atomic E-state index is -3.89. The zero-order chi connectivity index (χ0) is 20.0. The predicted octanol–water partition coefficient (Wildman–Crippen LogP) is 1.59. The lowest BCUT2D eigenvalue weighted by molar-refractivity contribution is 0.0527. The molecule has 0 heterocycles. The van der Waals surface area contributed by atoms with Crippen LogP contribution in [-0.2, 0) is 14.8 Å². The van der Waals surface area contributed by atoms with E-state index in [2.05, 4.69) is 10.0 Å². The third-order valence-corrected chi connectivity index (χ3v) is 4.51. The molecule has 26 heavy (non-hydrogen) atoms. The number of hydrogen-bond acceptors (Lipinski definition) is 6. The summed E-state index contributed by atoms with van der Waals surface area (Å²) in [4.78, 5) is 22.3. The van der Waals surface area contributed by atoms with Gasteiger partial charge in [0, 0.05) is 13.1 Å². The highest BCUT2D eigenvalue weighted by Gasteiger charge is 2.21. The second-order valence-corrected chi connectivity index (χ2v) is 8.09. The smallest absolute Gasteiger partial charge is 0.407 e. The number of sulfonamides is 1. The van der Waals surface area contributed by atoms with Gasteiger partial charge in [-0.1, -0.05) is 0 Å². The summed E-state index contributed by atoms with van der Waals surface area (Å²) in [6, 6.07) is 3.49. The first-order chi connectivity index (χ1) is 12.0. The monoisotopic (exact) mass is 388 g/mol. The van der Waals surface area contributed by atoms with Crippen molar-refractivity contribution in [1.29, 1.82) is 0 Å². The molecule has 146 valence electrons. The van der Waals surface area contributed by atoms with Gasteiger partial charge in [-0.15, -0.1) is 0 Å². The number of carbonyl (C=O) groups excluding carboxylic acids is 1. The van der Waals surface area contributed by atoms with Gasteiger partial charge in [0.1, 0.15) is 16.2 Å². The molecule has 0 aliphatic heterocycles. The lowest BCUT2D eigenvalue weighted by atomic mass is 10.2. The molecule has 0 aromatic heterocycles. The highest BCUT2D eigenvalue weighted by Crippen LogP contribution is 2.24. The van der Waals surface area contributed by atoms with Crippen molar-refractivity contribution in [3.8, 4) is 5.75 Å². The van der Waals surface area contributed by atoms with Crippen LogP contribution in [0.15, 0.2) is 23.1 Å². The first-order valence-corrected chi connectivity index (χ1v) is 9.32. The van der Waals surface area contributed by atoms with E-state index in [1.165, 1.54) is 19.2 Å². The van der Waals surface area contributed by atoms with Gasteiger partial charge < -0.3 is 19.9 Å². The SMILES string of the molecule is COc1cc(C(=O)O)ccc1S(=O)(=O)NCCCNC(=O)OC(C)(C)C. The van der Waals surface area contributed by atoms with Crippen molar-refractivity contribution in [2.45, 2.75) is 37.7 Å². The molecule has 0 aliphatic carbocycles. The quantitative estimate of drug-likeness (QED) is 0.576. The summed E-state index contributed by atoms with van der Waals surface area (Å²) in [7, 11) is -2.63. The minimum Gasteiger partial charge on any atom is -0.495 e. The number of hydrogen-bond donors (Lipinski definition) is 3. The van der Waals surface area contributed by atoms with Gasteiger partial charge in [-0.25, -0.2) is 22.7 Å². The van der Waals surface area contributed by atoms with E-state index < -0.39 is 27.7 Å². The van der Waals surface area contributed by atoms with E-state index >= 15 is 0 Å². The molecule has 0 fully saturated rings. The number of alkyl carbamates (subject to hydrolysis) is 1. The Kier molecular flexibility index (Phi) is 7.40. The molecule has 10 heteroatoms. The van der Waals surface area contributed by atoms with Gasteiger partial charge in [-0.2, -0.15) is 0 Å².